The highest BCUT2D eigenvalue weighted by molar-refractivity contribution is 7.98. The van der Waals surface area contributed by atoms with Gasteiger partial charge in [0, 0.05) is 4.90 Å². The van der Waals surface area contributed by atoms with Crippen molar-refractivity contribution in [1.82, 2.24) is 9.97 Å². The summed E-state index contributed by atoms with van der Waals surface area (Å²) in [5.41, 5.74) is 7.17. The average molecular weight is 493 g/mol. The monoisotopic (exact) mass is 492 g/mol. The molecule has 2 aromatic carbocycles. The van der Waals surface area contributed by atoms with Crippen molar-refractivity contribution in [1.29, 1.82) is 0 Å². The number of hydrogen-bond acceptors (Lipinski definition) is 8. The molecule has 2 aromatic heterocycles. The molecule has 4 rings (SSSR count). The Hall–Kier alpha value is -3.43. The van der Waals surface area contributed by atoms with Crippen LogP contribution in [0.1, 0.15) is 39.6 Å². The van der Waals surface area contributed by atoms with Crippen molar-refractivity contribution in [2.24, 2.45) is 5.73 Å². The standard InChI is InChI=1S/C25H24N4O3S2/c1-3-32-25(31)21-15(2)19-23(29-20(22(26)30)16-10-6-4-7-11-16)27-18(28-24(19)34-21)14-33-17-12-8-5-9-13-17/h4-13,20H,3,14H2,1-2H3,(H2,26,30)(H,27,28,29)/t20-/m0/s1. The van der Waals surface area contributed by atoms with Crippen LogP contribution >= 0.6 is 23.1 Å². The van der Waals surface area contributed by atoms with Gasteiger partial charge in [-0.25, -0.2) is 14.8 Å². The van der Waals surface area contributed by atoms with E-state index >= 15 is 0 Å². The van der Waals surface area contributed by atoms with Crippen molar-refractivity contribution in [3.05, 3.63) is 82.5 Å². The van der Waals surface area contributed by atoms with E-state index in [2.05, 4.69) is 5.32 Å². The third-order valence-electron chi connectivity index (χ3n) is 5.11. The largest absolute Gasteiger partial charge is 0.462 e. The van der Waals surface area contributed by atoms with Crippen LogP contribution in [-0.4, -0.2) is 28.5 Å². The van der Waals surface area contributed by atoms with E-state index in [1.165, 1.54) is 11.3 Å². The number of benzene rings is 2. The summed E-state index contributed by atoms with van der Waals surface area (Å²) in [5.74, 6) is 0.634. The maximum Gasteiger partial charge on any atom is 0.348 e. The Morgan fingerprint density at radius 3 is 2.41 bits per heavy atom. The van der Waals surface area contributed by atoms with Crippen molar-refractivity contribution >= 4 is 51.0 Å². The Bertz CT molecular complexity index is 1310. The number of carbonyl (C=O) groups is 2. The van der Waals surface area contributed by atoms with Gasteiger partial charge in [0.25, 0.3) is 0 Å². The number of aromatic nitrogens is 2. The molecule has 4 aromatic rings. The van der Waals surface area contributed by atoms with Gasteiger partial charge in [-0.3, -0.25) is 4.79 Å². The van der Waals surface area contributed by atoms with Gasteiger partial charge in [0.2, 0.25) is 5.91 Å². The molecule has 2 heterocycles. The van der Waals surface area contributed by atoms with Gasteiger partial charge in [-0.15, -0.1) is 23.1 Å². The van der Waals surface area contributed by atoms with E-state index in [0.717, 1.165) is 10.5 Å². The molecule has 0 spiro atoms. The van der Waals surface area contributed by atoms with Crippen molar-refractivity contribution < 1.29 is 14.3 Å². The van der Waals surface area contributed by atoms with Crippen LogP contribution in [0.4, 0.5) is 5.82 Å². The molecule has 0 aliphatic heterocycles. The predicted octanol–water partition coefficient (Wildman–Crippen LogP) is 5.11. The maximum absolute atomic E-state index is 12.5. The third kappa shape index (κ3) is 5.21. The lowest BCUT2D eigenvalue weighted by Gasteiger charge is -2.18. The SMILES string of the molecule is CCOC(=O)c1sc2nc(CSc3ccccc3)nc(N[C@H](C(N)=O)c3ccccc3)c2c1C. The first-order valence-electron chi connectivity index (χ1n) is 10.7. The van der Waals surface area contributed by atoms with Gasteiger partial charge in [0.1, 0.15) is 27.4 Å². The Balaban J connectivity index is 1.77. The third-order valence-corrected chi connectivity index (χ3v) is 7.28. The number of nitrogens with zero attached hydrogens (tertiary/aromatic N) is 2. The first-order valence-corrected chi connectivity index (χ1v) is 12.5. The van der Waals surface area contributed by atoms with E-state index in [-0.39, 0.29) is 6.61 Å². The van der Waals surface area contributed by atoms with Crippen LogP contribution in [0, 0.1) is 6.92 Å². The molecule has 0 saturated carbocycles. The summed E-state index contributed by atoms with van der Waals surface area (Å²) < 4.78 is 5.23. The lowest BCUT2D eigenvalue weighted by molar-refractivity contribution is -0.118. The molecule has 9 heteroatoms. The molecule has 7 nitrogen and oxygen atoms in total. The number of rotatable bonds is 9. The maximum atomic E-state index is 12.5. The highest BCUT2D eigenvalue weighted by atomic mass is 32.2. The molecule has 0 radical (unpaired) electrons. The molecule has 1 amide bonds. The molecule has 0 bridgehead atoms. The van der Waals surface area contributed by atoms with Crippen LogP contribution < -0.4 is 11.1 Å². The normalized spacial score (nSPS) is 11.8. The van der Waals surface area contributed by atoms with Crippen molar-refractivity contribution in [2.45, 2.75) is 30.5 Å². The molecular formula is C25H24N4O3S2. The number of nitrogens with two attached hydrogens (primary N) is 1. The van der Waals surface area contributed by atoms with E-state index < -0.39 is 17.9 Å². The van der Waals surface area contributed by atoms with Gasteiger partial charge in [0.05, 0.1) is 17.7 Å². The Morgan fingerprint density at radius 1 is 1.09 bits per heavy atom. The summed E-state index contributed by atoms with van der Waals surface area (Å²) in [6.45, 7) is 3.88. The van der Waals surface area contributed by atoms with E-state index in [9.17, 15) is 9.59 Å². The minimum atomic E-state index is -0.792. The van der Waals surface area contributed by atoms with Crippen molar-refractivity contribution in [2.75, 3.05) is 11.9 Å². The molecule has 0 aliphatic rings. The Morgan fingerprint density at radius 2 is 1.76 bits per heavy atom. The average Bonchev–Trinajstić information content (AvgIpc) is 3.19. The number of esters is 1. The zero-order valence-electron chi connectivity index (χ0n) is 18.8. The molecule has 0 unspecified atom stereocenters. The number of primary amides is 1. The minimum absolute atomic E-state index is 0.278. The van der Waals surface area contributed by atoms with Crippen molar-refractivity contribution in [3.63, 3.8) is 0 Å². The van der Waals surface area contributed by atoms with Gasteiger partial charge >= 0.3 is 5.97 Å². The highest BCUT2D eigenvalue weighted by Gasteiger charge is 2.25. The number of thioether (sulfide) groups is 1. The highest BCUT2D eigenvalue weighted by Crippen LogP contribution is 2.36. The predicted molar refractivity (Wildman–Crippen MR) is 136 cm³/mol. The Labute approximate surface area is 205 Å². The van der Waals surface area contributed by atoms with Gasteiger partial charge in [-0.1, -0.05) is 48.5 Å². The minimum Gasteiger partial charge on any atom is -0.462 e. The summed E-state index contributed by atoms with van der Waals surface area (Å²) in [5, 5.41) is 3.91. The topological polar surface area (TPSA) is 107 Å². The molecular weight excluding hydrogens is 468 g/mol. The van der Waals surface area contributed by atoms with Crippen LogP contribution in [0.5, 0.6) is 0 Å². The number of thiophene rings is 1. The number of hydrogen-bond donors (Lipinski definition) is 2. The smallest absolute Gasteiger partial charge is 0.348 e. The van der Waals surface area contributed by atoms with Gasteiger partial charge in [-0.05, 0) is 37.1 Å². The molecule has 34 heavy (non-hydrogen) atoms. The Kier molecular flexibility index (Phi) is 7.44. The number of fused-ring (bicyclic) bond motifs is 1. The van der Waals surface area contributed by atoms with Crippen LogP contribution in [0.25, 0.3) is 10.2 Å². The van der Waals surface area contributed by atoms with Crippen LogP contribution in [-0.2, 0) is 15.3 Å². The number of carbonyl (C=O) groups excluding carboxylic acids is 2. The zero-order valence-corrected chi connectivity index (χ0v) is 20.4. The molecule has 3 N–H and O–H groups in total. The molecule has 0 saturated heterocycles. The second kappa shape index (κ2) is 10.7. The van der Waals surface area contributed by atoms with Gasteiger partial charge < -0.3 is 15.8 Å². The van der Waals surface area contributed by atoms with Crippen LogP contribution in [0.2, 0.25) is 0 Å². The molecule has 174 valence electrons. The van der Waals surface area contributed by atoms with E-state index in [1.807, 2.05) is 67.6 Å². The van der Waals surface area contributed by atoms with Gasteiger partial charge in [-0.2, -0.15) is 0 Å². The quantitative estimate of drug-likeness (QED) is 0.247. The lowest BCUT2D eigenvalue weighted by Crippen LogP contribution is -2.28. The molecule has 0 aliphatic carbocycles. The van der Waals surface area contributed by atoms with Crippen molar-refractivity contribution in [3.8, 4) is 0 Å². The fraction of sp³-hybridized carbons (Fsp3) is 0.200. The fourth-order valence-corrected chi connectivity index (χ4v) is 5.38. The van der Waals surface area contributed by atoms with E-state index in [1.54, 1.807) is 18.7 Å². The summed E-state index contributed by atoms with van der Waals surface area (Å²) in [4.78, 5) is 36.6. The van der Waals surface area contributed by atoms with E-state index in [0.29, 0.717) is 38.1 Å². The number of aryl methyl sites for hydroxylation is 1. The summed E-state index contributed by atoms with van der Waals surface area (Å²) in [7, 11) is 0. The number of nitrogens with one attached hydrogen (secondary N) is 1. The fourth-order valence-electron chi connectivity index (χ4n) is 3.51. The van der Waals surface area contributed by atoms with Crippen LogP contribution in [0.3, 0.4) is 0 Å². The molecule has 1 atom stereocenters. The number of ether oxygens (including phenoxy) is 1. The number of amides is 1. The number of anilines is 1. The van der Waals surface area contributed by atoms with Crippen LogP contribution in [0.15, 0.2) is 65.6 Å². The van der Waals surface area contributed by atoms with E-state index in [4.69, 9.17) is 20.4 Å². The summed E-state index contributed by atoms with van der Waals surface area (Å²) in [6.07, 6.45) is 0. The summed E-state index contributed by atoms with van der Waals surface area (Å²) >= 11 is 2.87. The summed E-state index contributed by atoms with van der Waals surface area (Å²) in [6, 6.07) is 18.4. The first kappa shape index (κ1) is 23.7. The second-order valence-electron chi connectivity index (χ2n) is 7.44. The second-order valence-corrected chi connectivity index (χ2v) is 9.49. The lowest BCUT2D eigenvalue weighted by atomic mass is 10.1. The molecule has 0 fully saturated rings. The zero-order chi connectivity index (χ0) is 24.1. The van der Waals surface area contributed by atoms with Gasteiger partial charge in [0.15, 0.2) is 0 Å². The first-order chi connectivity index (χ1) is 16.5.